The maximum absolute atomic E-state index is 9.11. The molecule has 1 aromatic carbocycles. The third kappa shape index (κ3) is 2.26. The van der Waals surface area contributed by atoms with Gasteiger partial charge in [0.1, 0.15) is 0 Å². The number of pyridine rings is 1. The SMILES string of the molecule is Cc1cccc2c1c(C)c(-c1cccnc1)n2/C=C/CO. The van der Waals surface area contributed by atoms with Crippen molar-refractivity contribution in [1.29, 1.82) is 0 Å². The zero-order chi connectivity index (χ0) is 14.8. The van der Waals surface area contributed by atoms with Crippen molar-refractivity contribution in [2.75, 3.05) is 6.61 Å². The summed E-state index contributed by atoms with van der Waals surface area (Å²) in [7, 11) is 0. The molecule has 0 aliphatic heterocycles. The lowest BCUT2D eigenvalue weighted by atomic mass is 10.0. The van der Waals surface area contributed by atoms with Crippen LogP contribution < -0.4 is 0 Å². The average molecular weight is 278 g/mol. The number of aryl methyl sites for hydroxylation is 2. The molecule has 0 saturated carbocycles. The smallest absolute Gasteiger partial charge is 0.0629 e. The largest absolute Gasteiger partial charge is 0.392 e. The van der Waals surface area contributed by atoms with Crippen LogP contribution in [0.4, 0.5) is 0 Å². The molecule has 1 N–H and O–H groups in total. The third-order valence-corrected chi connectivity index (χ3v) is 3.78. The molecule has 2 heterocycles. The summed E-state index contributed by atoms with van der Waals surface area (Å²) in [5.74, 6) is 0. The molecule has 0 radical (unpaired) electrons. The molecule has 0 saturated heterocycles. The summed E-state index contributed by atoms with van der Waals surface area (Å²) >= 11 is 0. The quantitative estimate of drug-likeness (QED) is 0.791. The highest BCUT2D eigenvalue weighted by molar-refractivity contribution is 5.95. The Bertz CT molecular complexity index is 801. The molecule has 0 unspecified atom stereocenters. The number of fused-ring (bicyclic) bond motifs is 1. The first kappa shape index (κ1) is 13.6. The second-order valence-corrected chi connectivity index (χ2v) is 5.12. The predicted octanol–water partition coefficient (Wildman–Crippen LogP) is 3.78. The van der Waals surface area contributed by atoms with E-state index in [0.717, 1.165) is 16.8 Å². The van der Waals surface area contributed by atoms with Crippen LogP contribution in [0.1, 0.15) is 11.1 Å². The zero-order valence-electron chi connectivity index (χ0n) is 12.2. The van der Waals surface area contributed by atoms with Gasteiger partial charge in [0.15, 0.2) is 0 Å². The van der Waals surface area contributed by atoms with Crippen molar-refractivity contribution in [1.82, 2.24) is 9.55 Å². The fourth-order valence-electron chi connectivity index (χ4n) is 2.93. The number of rotatable bonds is 3. The molecular weight excluding hydrogens is 260 g/mol. The van der Waals surface area contributed by atoms with Crippen molar-refractivity contribution in [3.05, 3.63) is 59.9 Å². The number of hydrogen-bond donors (Lipinski definition) is 1. The van der Waals surface area contributed by atoms with Gasteiger partial charge in [-0.25, -0.2) is 0 Å². The fraction of sp³-hybridized carbons (Fsp3) is 0.167. The number of aliphatic hydroxyl groups is 1. The standard InChI is InChI=1S/C18H18N2O/c1-13-6-3-8-16-17(13)14(2)18(20(16)10-5-11-21)15-7-4-9-19-12-15/h3-10,12,21H,11H2,1-2H3/b10-5+. The first-order valence-electron chi connectivity index (χ1n) is 7.02. The molecule has 2 aromatic heterocycles. The number of nitrogens with zero attached hydrogens (tertiary/aromatic N) is 2. The molecule has 0 aliphatic carbocycles. The van der Waals surface area contributed by atoms with E-state index in [4.69, 9.17) is 5.11 Å². The number of hydrogen-bond acceptors (Lipinski definition) is 2. The number of benzene rings is 1. The summed E-state index contributed by atoms with van der Waals surface area (Å²) in [6.07, 6.45) is 7.33. The Morgan fingerprint density at radius 3 is 2.76 bits per heavy atom. The lowest BCUT2D eigenvalue weighted by Crippen LogP contribution is -1.92. The van der Waals surface area contributed by atoms with Crippen LogP contribution in [0.3, 0.4) is 0 Å². The summed E-state index contributed by atoms with van der Waals surface area (Å²) in [4.78, 5) is 4.23. The minimum Gasteiger partial charge on any atom is -0.392 e. The summed E-state index contributed by atoms with van der Waals surface area (Å²) in [5.41, 5.74) is 5.84. The van der Waals surface area contributed by atoms with E-state index in [1.807, 2.05) is 18.5 Å². The summed E-state index contributed by atoms with van der Waals surface area (Å²) < 4.78 is 2.13. The molecule has 0 fully saturated rings. The van der Waals surface area contributed by atoms with Crippen molar-refractivity contribution in [2.24, 2.45) is 0 Å². The second kappa shape index (κ2) is 5.54. The Hall–Kier alpha value is -2.39. The molecule has 3 rings (SSSR count). The monoisotopic (exact) mass is 278 g/mol. The van der Waals surface area contributed by atoms with Crippen molar-refractivity contribution in [3.8, 4) is 11.3 Å². The lowest BCUT2D eigenvalue weighted by Gasteiger charge is -2.06. The van der Waals surface area contributed by atoms with Crippen LogP contribution in [-0.2, 0) is 0 Å². The third-order valence-electron chi connectivity index (χ3n) is 3.78. The first-order chi connectivity index (χ1) is 10.2. The van der Waals surface area contributed by atoms with E-state index in [1.54, 1.807) is 12.3 Å². The summed E-state index contributed by atoms with van der Waals surface area (Å²) in [5, 5.41) is 10.4. The van der Waals surface area contributed by atoms with Gasteiger partial charge in [-0.05, 0) is 49.2 Å². The Morgan fingerprint density at radius 2 is 2.05 bits per heavy atom. The Balaban J connectivity index is 2.39. The van der Waals surface area contributed by atoms with Gasteiger partial charge < -0.3 is 9.67 Å². The van der Waals surface area contributed by atoms with Gasteiger partial charge in [0.25, 0.3) is 0 Å². The van der Waals surface area contributed by atoms with Gasteiger partial charge in [-0.2, -0.15) is 0 Å². The molecule has 3 aromatic rings. The van der Waals surface area contributed by atoms with Gasteiger partial charge in [-0.3, -0.25) is 4.98 Å². The number of aliphatic hydroxyl groups excluding tert-OH is 1. The molecule has 3 nitrogen and oxygen atoms in total. The molecule has 3 heteroatoms. The zero-order valence-corrected chi connectivity index (χ0v) is 12.2. The predicted molar refractivity (Wildman–Crippen MR) is 87.1 cm³/mol. The minimum atomic E-state index is 0.0248. The van der Waals surface area contributed by atoms with Crippen LogP contribution in [-0.4, -0.2) is 21.3 Å². The van der Waals surface area contributed by atoms with Crippen LogP contribution in [0.5, 0.6) is 0 Å². The van der Waals surface area contributed by atoms with E-state index in [9.17, 15) is 0 Å². The van der Waals surface area contributed by atoms with Gasteiger partial charge in [0.2, 0.25) is 0 Å². The second-order valence-electron chi connectivity index (χ2n) is 5.12. The van der Waals surface area contributed by atoms with Crippen LogP contribution in [0, 0.1) is 13.8 Å². The van der Waals surface area contributed by atoms with Crippen molar-refractivity contribution >= 4 is 17.1 Å². The molecule has 0 aliphatic rings. The minimum absolute atomic E-state index is 0.0248. The van der Waals surface area contributed by atoms with Crippen molar-refractivity contribution < 1.29 is 5.11 Å². The summed E-state index contributed by atoms with van der Waals surface area (Å²) in [6.45, 7) is 4.29. The average Bonchev–Trinajstić information content (AvgIpc) is 2.79. The molecule has 0 atom stereocenters. The molecule has 21 heavy (non-hydrogen) atoms. The highest BCUT2D eigenvalue weighted by Crippen LogP contribution is 2.34. The van der Waals surface area contributed by atoms with Gasteiger partial charge in [-0.1, -0.05) is 12.1 Å². The molecule has 0 spiro atoms. The number of aromatic nitrogens is 2. The van der Waals surface area contributed by atoms with E-state index in [-0.39, 0.29) is 6.61 Å². The maximum Gasteiger partial charge on any atom is 0.0629 e. The van der Waals surface area contributed by atoms with Gasteiger partial charge in [-0.15, -0.1) is 0 Å². The van der Waals surface area contributed by atoms with Crippen molar-refractivity contribution in [3.63, 3.8) is 0 Å². The van der Waals surface area contributed by atoms with E-state index in [2.05, 4.69) is 47.7 Å². The summed E-state index contributed by atoms with van der Waals surface area (Å²) in [6, 6.07) is 10.3. The molecule has 0 amide bonds. The van der Waals surface area contributed by atoms with Crippen LogP contribution in [0.2, 0.25) is 0 Å². The Labute approximate surface area is 124 Å². The van der Waals surface area contributed by atoms with E-state index in [0.29, 0.717) is 0 Å². The molecule has 0 bridgehead atoms. The maximum atomic E-state index is 9.11. The van der Waals surface area contributed by atoms with Crippen LogP contribution in [0.25, 0.3) is 28.4 Å². The highest BCUT2D eigenvalue weighted by atomic mass is 16.2. The highest BCUT2D eigenvalue weighted by Gasteiger charge is 2.15. The Morgan fingerprint density at radius 1 is 1.19 bits per heavy atom. The van der Waals surface area contributed by atoms with Gasteiger partial charge in [0, 0.05) is 29.5 Å². The topological polar surface area (TPSA) is 38.0 Å². The van der Waals surface area contributed by atoms with Crippen LogP contribution >= 0.6 is 0 Å². The fourth-order valence-corrected chi connectivity index (χ4v) is 2.93. The lowest BCUT2D eigenvalue weighted by molar-refractivity contribution is 0.343. The van der Waals surface area contributed by atoms with Crippen LogP contribution in [0.15, 0.2) is 48.8 Å². The first-order valence-corrected chi connectivity index (χ1v) is 7.02. The molecule has 106 valence electrons. The van der Waals surface area contributed by atoms with E-state index in [1.165, 1.54) is 16.5 Å². The van der Waals surface area contributed by atoms with Gasteiger partial charge in [0.05, 0.1) is 17.8 Å². The van der Waals surface area contributed by atoms with E-state index < -0.39 is 0 Å². The molecular formula is C18H18N2O. The van der Waals surface area contributed by atoms with Gasteiger partial charge >= 0.3 is 0 Å². The van der Waals surface area contributed by atoms with Crippen molar-refractivity contribution in [2.45, 2.75) is 13.8 Å². The normalized spacial score (nSPS) is 11.6. The van der Waals surface area contributed by atoms with E-state index >= 15 is 0 Å². The Kier molecular flexibility index (Phi) is 3.59.